The third-order valence-corrected chi connectivity index (χ3v) is 9.39. The van der Waals surface area contributed by atoms with E-state index in [4.69, 9.17) is 0 Å². The van der Waals surface area contributed by atoms with Gasteiger partial charge in [-0.1, -0.05) is 27.2 Å². The van der Waals surface area contributed by atoms with Gasteiger partial charge in [0.25, 0.3) is 0 Å². The third kappa shape index (κ3) is 2.06. The van der Waals surface area contributed by atoms with E-state index >= 15 is 0 Å². The number of hydrogen-bond donors (Lipinski definition) is 1. The number of aliphatic hydroxyl groups is 1. The van der Waals surface area contributed by atoms with Crippen LogP contribution in [0.5, 0.6) is 0 Å². The fourth-order valence-electron chi connectivity index (χ4n) is 7.84. The van der Waals surface area contributed by atoms with Crippen LogP contribution in [0.4, 0.5) is 0 Å². The van der Waals surface area contributed by atoms with Gasteiger partial charge < -0.3 is 9.90 Å². The molecule has 0 amide bonds. The van der Waals surface area contributed by atoms with Crippen molar-refractivity contribution in [3.8, 4) is 0 Å². The summed E-state index contributed by atoms with van der Waals surface area (Å²) in [6.45, 7) is 7.41. The van der Waals surface area contributed by atoms with Crippen molar-refractivity contribution in [1.29, 1.82) is 0 Å². The highest BCUT2D eigenvalue weighted by Gasteiger charge is 2.62. The first kappa shape index (κ1) is 16.1. The van der Waals surface area contributed by atoms with Gasteiger partial charge in [0.15, 0.2) is 0 Å². The number of carbonyl (C=O) groups excluding carboxylic acids is 1. The van der Waals surface area contributed by atoms with E-state index in [-0.39, 0.29) is 12.0 Å². The van der Waals surface area contributed by atoms with Gasteiger partial charge in [-0.05, 0) is 85.4 Å². The first-order valence-corrected chi connectivity index (χ1v) is 10.0. The molecule has 23 heavy (non-hydrogen) atoms. The van der Waals surface area contributed by atoms with E-state index in [0.717, 1.165) is 18.8 Å². The second-order valence-corrected chi connectivity index (χ2v) is 9.92. The molecular weight excluding hydrogens is 284 g/mol. The Balaban J connectivity index is 1.70. The zero-order valence-electron chi connectivity index (χ0n) is 15.1. The molecule has 9 atom stereocenters. The number of hydrogen-bond acceptors (Lipinski definition) is 2. The number of aliphatic hydroxyl groups excluding tert-OH is 1. The molecule has 4 aliphatic rings. The average molecular weight is 319 g/mol. The lowest BCUT2D eigenvalue weighted by molar-refractivity contribution is -0.174. The van der Waals surface area contributed by atoms with Crippen LogP contribution in [0.25, 0.3) is 0 Å². The summed E-state index contributed by atoms with van der Waals surface area (Å²) in [4.78, 5) is 11.6. The second kappa shape index (κ2) is 5.31. The Hall–Kier alpha value is -0.370. The average Bonchev–Trinajstić information content (AvgIpc) is 2.83. The highest BCUT2D eigenvalue weighted by molar-refractivity contribution is 5.54. The fraction of sp³-hybridized carbons (Fsp3) is 0.952. The van der Waals surface area contributed by atoms with Crippen LogP contribution in [-0.4, -0.2) is 17.5 Å². The van der Waals surface area contributed by atoms with Crippen LogP contribution in [0.15, 0.2) is 0 Å². The Morgan fingerprint density at radius 2 is 1.70 bits per heavy atom. The highest BCUT2D eigenvalue weighted by Crippen LogP contribution is 2.67. The van der Waals surface area contributed by atoms with E-state index in [1.165, 1.54) is 44.8 Å². The van der Waals surface area contributed by atoms with E-state index in [1.54, 1.807) is 0 Å². The van der Waals surface area contributed by atoms with Crippen LogP contribution in [0.3, 0.4) is 0 Å². The minimum atomic E-state index is -0.173. The van der Waals surface area contributed by atoms with Gasteiger partial charge in [-0.15, -0.1) is 0 Å². The predicted octanol–water partition coefficient (Wildman–Crippen LogP) is 4.45. The molecule has 0 radical (unpaired) electrons. The molecule has 4 saturated carbocycles. The number of aldehydes is 1. The first-order chi connectivity index (χ1) is 10.9. The zero-order valence-corrected chi connectivity index (χ0v) is 15.1. The summed E-state index contributed by atoms with van der Waals surface area (Å²) in [7, 11) is 0. The van der Waals surface area contributed by atoms with Crippen LogP contribution in [0, 0.1) is 46.3 Å². The Labute approximate surface area is 141 Å². The van der Waals surface area contributed by atoms with Gasteiger partial charge in [-0.3, -0.25) is 0 Å². The van der Waals surface area contributed by atoms with Crippen molar-refractivity contribution in [2.75, 3.05) is 0 Å². The molecule has 2 nitrogen and oxygen atoms in total. The van der Waals surface area contributed by atoms with Gasteiger partial charge in [0.1, 0.15) is 6.29 Å². The van der Waals surface area contributed by atoms with Crippen molar-refractivity contribution < 1.29 is 9.90 Å². The van der Waals surface area contributed by atoms with E-state index in [2.05, 4.69) is 20.8 Å². The molecule has 0 aliphatic heterocycles. The maximum atomic E-state index is 11.6. The van der Waals surface area contributed by atoms with Crippen molar-refractivity contribution in [3.05, 3.63) is 0 Å². The largest absolute Gasteiger partial charge is 0.393 e. The van der Waals surface area contributed by atoms with E-state index < -0.39 is 0 Å². The van der Waals surface area contributed by atoms with Crippen molar-refractivity contribution >= 4 is 6.29 Å². The van der Waals surface area contributed by atoms with E-state index in [9.17, 15) is 9.90 Å². The summed E-state index contributed by atoms with van der Waals surface area (Å²) in [5.41, 5.74) is 0.741. The summed E-state index contributed by atoms with van der Waals surface area (Å²) in [5.74, 6) is 3.27. The van der Waals surface area contributed by atoms with Gasteiger partial charge in [0, 0.05) is 5.92 Å². The Morgan fingerprint density at radius 1 is 0.957 bits per heavy atom. The maximum Gasteiger partial charge on any atom is 0.123 e. The third-order valence-electron chi connectivity index (χ3n) is 9.39. The summed E-state index contributed by atoms with van der Waals surface area (Å²) in [6, 6.07) is 0. The molecule has 0 heterocycles. The molecule has 1 N–H and O–H groups in total. The lowest BCUT2D eigenvalue weighted by Gasteiger charge is -2.62. The molecule has 4 unspecified atom stereocenters. The molecule has 2 heteroatoms. The molecule has 4 aliphatic carbocycles. The van der Waals surface area contributed by atoms with Crippen molar-refractivity contribution in [2.24, 2.45) is 46.3 Å². The second-order valence-electron chi connectivity index (χ2n) is 9.92. The van der Waals surface area contributed by atoms with Crippen LogP contribution in [0.2, 0.25) is 0 Å². The van der Waals surface area contributed by atoms with Gasteiger partial charge in [0.05, 0.1) is 6.10 Å². The van der Waals surface area contributed by atoms with Crippen LogP contribution in [0.1, 0.15) is 72.1 Å². The molecule has 4 fully saturated rings. The Kier molecular flexibility index (Phi) is 3.72. The molecule has 0 aromatic rings. The Morgan fingerprint density at radius 3 is 2.43 bits per heavy atom. The normalized spacial score (nSPS) is 58.9. The minimum absolute atomic E-state index is 0.173. The van der Waals surface area contributed by atoms with Crippen LogP contribution in [-0.2, 0) is 4.79 Å². The maximum absolute atomic E-state index is 11.6. The van der Waals surface area contributed by atoms with Gasteiger partial charge in [-0.25, -0.2) is 0 Å². The van der Waals surface area contributed by atoms with Gasteiger partial charge in [0.2, 0.25) is 0 Å². The van der Waals surface area contributed by atoms with Crippen molar-refractivity contribution in [1.82, 2.24) is 0 Å². The first-order valence-electron chi connectivity index (χ1n) is 10.0. The Bertz CT molecular complexity index is 488. The molecule has 0 bridgehead atoms. The SMILES string of the molecule is C[C@H]1CCC2C3C(CC[C@@]21C)[C@@]1(C)CCC[C@H](C=O)C1C[C@@H]3O. The molecule has 130 valence electrons. The molecule has 0 saturated heterocycles. The fourth-order valence-corrected chi connectivity index (χ4v) is 7.84. The minimum Gasteiger partial charge on any atom is -0.393 e. The summed E-state index contributed by atoms with van der Waals surface area (Å²) in [6.07, 6.45) is 10.7. The lowest BCUT2D eigenvalue weighted by Crippen LogP contribution is -2.59. The lowest BCUT2D eigenvalue weighted by atomic mass is 9.43. The smallest absolute Gasteiger partial charge is 0.123 e. The standard InChI is InChI=1S/C21H34O2/c1-13-6-7-15-19-16(8-10-20(13,15)2)21(3)9-4-5-14(12-22)17(21)11-18(19)23/h12-19,23H,4-11H2,1-3H3/t13-,14+,15?,16?,17?,18-,19?,20+,21+/m0/s1. The van der Waals surface area contributed by atoms with Crippen molar-refractivity contribution in [3.63, 3.8) is 0 Å². The molecule has 0 aromatic heterocycles. The molecular formula is C21H34O2. The number of fused-ring (bicyclic) bond motifs is 5. The van der Waals surface area contributed by atoms with Crippen LogP contribution >= 0.6 is 0 Å². The number of rotatable bonds is 1. The quantitative estimate of drug-likeness (QED) is 0.725. The predicted molar refractivity (Wildman–Crippen MR) is 91.8 cm³/mol. The highest BCUT2D eigenvalue weighted by atomic mass is 16.3. The summed E-state index contributed by atoms with van der Waals surface area (Å²) >= 11 is 0. The molecule has 4 rings (SSSR count). The van der Waals surface area contributed by atoms with Crippen LogP contribution < -0.4 is 0 Å². The monoisotopic (exact) mass is 318 g/mol. The topological polar surface area (TPSA) is 37.3 Å². The van der Waals surface area contributed by atoms with Gasteiger partial charge >= 0.3 is 0 Å². The summed E-state index contributed by atoms with van der Waals surface area (Å²) < 4.78 is 0. The number of carbonyl (C=O) groups is 1. The van der Waals surface area contributed by atoms with E-state index in [1.807, 2.05) is 0 Å². The van der Waals surface area contributed by atoms with Gasteiger partial charge in [-0.2, -0.15) is 0 Å². The molecule has 0 aromatic carbocycles. The van der Waals surface area contributed by atoms with E-state index in [0.29, 0.717) is 34.5 Å². The zero-order chi connectivity index (χ0) is 16.4. The molecule has 0 spiro atoms. The summed E-state index contributed by atoms with van der Waals surface area (Å²) in [5, 5.41) is 11.1. The van der Waals surface area contributed by atoms with Crippen molar-refractivity contribution in [2.45, 2.75) is 78.2 Å².